The number of rotatable bonds is 6. The molecule has 0 aromatic carbocycles. The summed E-state index contributed by atoms with van der Waals surface area (Å²) in [5.41, 5.74) is 4.65. The molecule has 1 unspecified atom stereocenters. The van der Waals surface area contributed by atoms with Gasteiger partial charge in [-0.05, 0) is 0 Å². The van der Waals surface area contributed by atoms with Crippen LogP contribution in [0.5, 0.6) is 0 Å². The molecule has 1 aromatic rings. The predicted octanol–water partition coefficient (Wildman–Crippen LogP) is -0.974. The summed E-state index contributed by atoms with van der Waals surface area (Å²) in [5, 5.41) is 0. The number of nitrogens with two attached hydrogens (primary N) is 1. The van der Waals surface area contributed by atoms with Crippen LogP contribution in [0.15, 0.2) is 11.1 Å². The number of hydrogen-bond acceptors (Lipinski definition) is 7. The fraction of sp³-hybridized carbons (Fsp3) is 0.571. The summed E-state index contributed by atoms with van der Waals surface area (Å²) >= 11 is 0. The van der Waals surface area contributed by atoms with Crippen molar-refractivity contribution in [3.05, 3.63) is 16.8 Å². The molecule has 1 rings (SSSR count). The Hall–Kier alpha value is -1.28. The molecular weight excluding hydrogens is 251 g/mol. The van der Waals surface area contributed by atoms with E-state index in [1.54, 1.807) is 0 Å². The van der Waals surface area contributed by atoms with E-state index in [0.717, 1.165) is 7.11 Å². The highest BCUT2D eigenvalue weighted by atomic mass is 31.2. The number of hydrogen-bond donors (Lipinski definition) is 2. The zero-order valence-corrected chi connectivity index (χ0v) is 10.0. The van der Waals surface area contributed by atoms with Gasteiger partial charge in [-0.25, -0.2) is 9.78 Å². The molecule has 3 N–H and O–H groups in total. The van der Waals surface area contributed by atoms with Crippen molar-refractivity contribution >= 4 is 13.5 Å². The van der Waals surface area contributed by atoms with Crippen LogP contribution in [0.1, 0.15) is 0 Å². The van der Waals surface area contributed by atoms with Crippen molar-refractivity contribution in [3.8, 4) is 0 Å². The zero-order chi connectivity index (χ0) is 12.9. The summed E-state index contributed by atoms with van der Waals surface area (Å²) in [6.07, 6.45) is 0.789. The van der Waals surface area contributed by atoms with Gasteiger partial charge in [0.05, 0.1) is 13.2 Å². The zero-order valence-electron chi connectivity index (χ0n) is 9.15. The van der Waals surface area contributed by atoms with E-state index in [9.17, 15) is 9.36 Å². The van der Waals surface area contributed by atoms with E-state index in [2.05, 4.69) is 14.5 Å². The van der Waals surface area contributed by atoms with Gasteiger partial charge in [0, 0.05) is 7.11 Å². The average molecular weight is 264 g/mol. The minimum absolute atomic E-state index is 0.0566. The standard InChI is InChI=1S/C7H13N4O5P/c1-15-17(13,14)5-16-3-2-11-4-9-6(8)10-7(11)12/h4H,2-3,5H2,1H3,(H,13,14)(H2,8,10,12). The Labute approximate surface area is 96.7 Å². The Morgan fingerprint density at radius 3 is 2.94 bits per heavy atom. The molecular formula is C7H13N4O5P. The summed E-state index contributed by atoms with van der Waals surface area (Å²) < 4.78 is 21.4. The first-order chi connectivity index (χ1) is 7.94. The van der Waals surface area contributed by atoms with Gasteiger partial charge in [0.25, 0.3) is 0 Å². The van der Waals surface area contributed by atoms with E-state index in [1.165, 1.54) is 10.9 Å². The quantitative estimate of drug-likeness (QED) is 0.495. The average Bonchev–Trinajstić information content (AvgIpc) is 2.27. The van der Waals surface area contributed by atoms with Crippen LogP contribution in [0, 0.1) is 0 Å². The highest BCUT2D eigenvalue weighted by Crippen LogP contribution is 2.40. The maximum Gasteiger partial charge on any atom is 0.353 e. The van der Waals surface area contributed by atoms with Crippen molar-refractivity contribution in [1.82, 2.24) is 14.5 Å². The molecule has 1 heterocycles. The second-order valence-electron chi connectivity index (χ2n) is 3.05. The molecule has 0 radical (unpaired) electrons. The highest BCUT2D eigenvalue weighted by molar-refractivity contribution is 7.52. The summed E-state index contributed by atoms with van der Waals surface area (Å²) in [4.78, 5) is 27.3. The van der Waals surface area contributed by atoms with Crippen molar-refractivity contribution < 1.29 is 18.7 Å². The van der Waals surface area contributed by atoms with Crippen LogP contribution in [-0.4, -0.2) is 39.5 Å². The lowest BCUT2D eigenvalue weighted by atomic mass is 10.6. The molecule has 0 saturated carbocycles. The van der Waals surface area contributed by atoms with Gasteiger partial charge >= 0.3 is 13.3 Å². The Morgan fingerprint density at radius 1 is 1.65 bits per heavy atom. The fourth-order valence-corrected chi connectivity index (χ4v) is 1.38. The summed E-state index contributed by atoms with van der Waals surface area (Å²) in [5.74, 6) is -0.105. The monoisotopic (exact) mass is 264 g/mol. The van der Waals surface area contributed by atoms with Gasteiger partial charge < -0.3 is 19.9 Å². The molecule has 96 valence electrons. The van der Waals surface area contributed by atoms with Crippen LogP contribution in [-0.2, 0) is 20.4 Å². The number of nitrogen functional groups attached to an aromatic ring is 1. The van der Waals surface area contributed by atoms with E-state index in [0.29, 0.717) is 0 Å². The highest BCUT2D eigenvalue weighted by Gasteiger charge is 2.16. The third kappa shape index (κ3) is 4.61. The lowest BCUT2D eigenvalue weighted by Crippen LogP contribution is -2.26. The van der Waals surface area contributed by atoms with Crippen LogP contribution in [0.2, 0.25) is 0 Å². The first kappa shape index (κ1) is 13.8. The summed E-state index contributed by atoms with van der Waals surface area (Å²) in [6, 6.07) is 0. The lowest BCUT2D eigenvalue weighted by molar-refractivity contribution is 0.142. The smallest absolute Gasteiger partial charge is 0.353 e. The second kappa shape index (κ2) is 5.87. The maximum atomic E-state index is 11.2. The van der Waals surface area contributed by atoms with Gasteiger partial charge in [0.1, 0.15) is 12.7 Å². The van der Waals surface area contributed by atoms with Crippen molar-refractivity contribution in [2.45, 2.75) is 6.54 Å². The van der Waals surface area contributed by atoms with Crippen molar-refractivity contribution in [2.24, 2.45) is 0 Å². The Bertz CT molecular complexity index is 476. The van der Waals surface area contributed by atoms with Crippen LogP contribution in [0.25, 0.3) is 0 Å². The molecule has 0 aliphatic heterocycles. The number of nitrogens with zero attached hydrogens (tertiary/aromatic N) is 3. The largest absolute Gasteiger partial charge is 0.368 e. The van der Waals surface area contributed by atoms with E-state index in [1.807, 2.05) is 0 Å². The van der Waals surface area contributed by atoms with Gasteiger partial charge in [-0.2, -0.15) is 4.98 Å². The fourth-order valence-electron chi connectivity index (χ4n) is 0.918. The topological polar surface area (TPSA) is 130 Å². The number of anilines is 1. The molecule has 0 aliphatic rings. The van der Waals surface area contributed by atoms with Crippen LogP contribution >= 0.6 is 7.60 Å². The van der Waals surface area contributed by atoms with Gasteiger partial charge in [0.2, 0.25) is 5.95 Å². The van der Waals surface area contributed by atoms with Gasteiger partial charge in [0.15, 0.2) is 0 Å². The number of aromatic nitrogens is 3. The molecule has 0 fully saturated rings. The maximum absolute atomic E-state index is 11.2. The predicted molar refractivity (Wildman–Crippen MR) is 58.4 cm³/mol. The van der Waals surface area contributed by atoms with E-state index >= 15 is 0 Å². The van der Waals surface area contributed by atoms with E-state index < -0.39 is 19.6 Å². The molecule has 0 saturated heterocycles. The van der Waals surface area contributed by atoms with Gasteiger partial charge in [-0.1, -0.05) is 0 Å². The molecule has 9 nitrogen and oxygen atoms in total. The normalized spacial score (nSPS) is 14.5. The van der Waals surface area contributed by atoms with Crippen LogP contribution in [0.4, 0.5) is 5.95 Å². The third-order valence-electron chi connectivity index (χ3n) is 1.80. The van der Waals surface area contributed by atoms with Crippen molar-refractivity contribution in [2.75, 3.05) is 25.8 Å². The Balaban J connectivity index is 2.42. The molecule has 10 heteroatoms. The molecule has 0 spiro atoms. The van der Waals surface area contributed by atoms with Crippen LogP contribution in [0.3, 0.4) is 0 Å². The lowest BCUT2D eigenvalue weighted by Gasteiger charge is -2.09. The molecule has 0 bridgehead atoms. The molecule has 1 atom stereocenters. The van der Waals surface area contributed by atoms with Crippen LogP contribution < -0.4 is 11.4 Å². The molecule has 0 aliphatic carbocycles. The minimum Gasteiger partial charge on any atom is -0.368 e. The summed E-state index contributed by atoms with van der Waals surface area (Å²) in [6.45, 7) is 0.212. The van der Waals surface area contributed by atoms with E-state index in [-0.39, 0.29) is 19.1 Å². The minimum atomic E-state index is -3.68. The Kier molecular flexibility index (Phi) is 4.76. The van der Waals surface area contributed by atoms with Gasteiger partial charge in [-0.15, -0.1) is 0 Å². The third-order valence-corrected chi connectivity index (χ3v) is 2.88. The first-order valence-electron chi connectivity index (χ1n) is 4.59. The second-order valence-corrected chi connectivity index (χ2v) is 4.95. The first-order valence-corrected chi connectivity index (χ1v) is 6.35. The SMILES string of the molecule is COP(=O)(O)COCCn1cnc(N)nc1=O. The van der Waals surface area contributed by atoms with Gasteiger partial charge in [-0.3, -0.25) is 9.13 Å². The van der Waals surface area contributed by atoms with Crippen molar-refractivity contribution in [1.29, 1.82) is 0 Å². The van der Waals surface area contributed by atoms with E-state index in [4.69, 9.17) is 15.4 Å². The van der Waals surface area contributed by atoms with Crippen molar-refractivity contribution in [3.63, 3.8) is 0 Å². The summed E-state index contributed by atoms with van der Waals surface area (Å²) in [7, 11) is -2.56. The molecule has 1 aromatic heterocycles. The molecule has 0 amide bonds. The number of ether oxygens (including phenoxy) is 1. The molecule has 17 heavy (non-hydrogen) atoms. The Morgan fingerprint density at radius 2 is 2.35 bits per heavy atom.